The first-order valence-corrected chi connectivity index (χ1v) is 8.31. The van der Waals surface area contributed by atoms with Gasteiger partial charge in [0.2, 0.25) is 0 Å². The van der Waals surface area contributed by atoms with Crippen LogP contribution >= 0.6 is 0 Å². The average molecular weight is 299 g/mol. The third kappa shape index (κ3) is 8.27. The van der Waals surface area contributed by atoms with Crippen LogP contribution in [0.4, 0.5) is 4.79 Å². The number of nitrogens with zero attached hydrogens (tertiary/aromatic N) is 1. The molecule has 1 rings (SSSR count). The first kappa shape index (κ1) is 18.2. The van der Waals surface area contributed by atoms with Crippen molar-refractivity contribution in [3.8, 4) is 0 Å². The molecule has 5 nitrogen and oxygen atoms in total. The summed E-state index contributed by atoms with van der Waals surface area (Å²) in [6.45, 7) is 12.2. The number of hydrogen-bond acceptors (Lipinski definition) is 3. The quantitative estimate of drug-likeness (QED) is 0.672. The molecular formula is C16H33N3O2. The highest BCUT2D eigenvalue weighted by Gasteiger charge is 2.21. The smallest absolute Gasteiger partial charge is 0.315 e. The highest BCUT2D eigenvalue weighted by atomic mass is 16.3. The minimum absolute atomic E-state index is 0.0743. The van der Waals surface area contributed by atoms with E-state index in [-0.39, 0.29) is 12.1 Å². The lowest BCUT2D eigenvalue weighted by Crippen LogP contribution is -2.49. The Morgan fingerprint density at radius 3 is 2.38 bits per heavy atom. The van der Waals surface area contributed by atoms with E-state index < -0.39 is 0 Å². The number of likely N-dealkylation sites (tertiary alicyclic amines) is 1. The van der Waals surface area contributed by atoms with Crippen molar-refractivity contribution >= 4 is 6.03 Å². The summed E-state index contributed by atoms with van der Waals surface area (Å²) < 4.78 is 0. The Hall–Kier alpha value is -0.810. The number of carbonyl (C=O) groups excluding carboxylic acids is 1. The zero-order valence-corrected chi connectivity index (χ0v) is 14.1. The van der Waals surface area contributed by atoms with Gasteiger partial charge in [-0.25, -0.2) is 4.79 Å². The minimum Gasteiger partial charge on any atom is -0.393 e. The second-order valence-corrected chi connectivity index (χ2v) is 7.01. The maximum atomic E-state index is 11.9. The van der Waals surface area contributed by atoms with Crippen molar-refractivity contribution in [3.63, 3.8) is 0 Å². The molecule has 2 unspecified atom stereocenters. The first-order valence-electron chi connectivity index (χ1n) is 8.31. The van der Waals surface area contributed by atoms with E-state index in [4.69, 9.17) is 0 Å². The molecule has 0 aromatic rings. The van der Waals surface area contributed by atoms with Gasteiger partial charge in [0.05, 0.1) is 6.10 Å². The van der Waals surface area contributed by atoms with E-state index in [1.165, 1.54) is 0 Å². The molecular weight excluding hydrogens is 266 g/mol. The monoisotopic (exact) mass is 299 g/mol. The Morgan fingerprint density at radius 2 is 1.86 bits per heavy atom. The van der Waals surface area contributed by atoms with Gasteiger partial charge in [0.1, 0.15) is 0 Å². The number of aliphatic hydroxyl groups excluding tert-OH is 1. The van der Waals surface area contributed by atoms with Crippen molar-refractivity contribution in [3.05, 3.63) is 0 Å². The molecule has 1 aliphatic rings. The summed E-state index contributed by atoms with van der Waals surface area (Å²) in [5.41, 5.74) is 0. The molecule has 1 aliphatic heterocycles. The molecule has 0 radical (unpaired) electrons. The fourth-order valence-corrected chi connectivity index (χ4v) is 2.95. The van der Waals surface area contributed by atoms with Gasteiger partial charge in [-0.15, -0.1) is 0 Å². The normalized spacial score (nSPS) is 20.3. The zero-order valence-electron chi connectivity index (χ0n) is 14.1. The Balaban J connectivity index is 2.16. The molecule has 2 amide bonds. The number of urea groups is 1. The van der Waals surface area contributed by atoms with E-state index >= 15 is 0 Å². The highest BCUT2D eigenvalue weighted by molar-refractivity contribution is 5.74. The van der Waals surface area contributed by atoms with Gasteiger partial charge in [-0.05, 0) is 38.0 Å². The standard InChI is InChI=1S/C16H33N3O2/c1-12(2)11-19-7-5-15(6-8-19)18-16(21)17-10-13(3)9-14(4)20/h12-15,20H,5-11H2,1-4H3,(H2,17,18,21). The van der Waals surface area contributed by atoms with Crippen molar-refractivity contribution in [2.75, 3.05) is 26.2 Å². The summed E-state index contributed by atoms with van der Waals surface area (Å²) in [5.74, 6) is 0.997. The van der Waals surface area contributed by atoms with Crippen LogP contribution in [0.15, 0.2) is 0 Å². The topological polar surface area (TPSA) is 64.6 Å². The summed E-state index contributed by atoms with van der Waals surface area (Å²) in [6, 6.07) is 0.218. The van der Waals surface area contributed by atoms with E-state index in [9.17, 15) is 9.90 Å². The van der Waals surface area contributed by atoms with Crippen LogP contribution in [0.1, 0.15) is 47.0 Å². The van der Waals surface area contributed by atoms with Crippen molar-refractivity contribution < 1.29 is 9.90 Å². The Kier molecular flexibility index (Phi) is 8.04. The molecule has 0 aromatic carbocycles. The van der Waals surface area contributed by atoms with Crippen molar-refractivity contribution in [2.45, 2.75) is 59.1 Å². The molecule has 3 N–H and O–H groups in total. The summed E-state index contributed by atoms with van der Waals surface area (Å²) in [6.07, 6.45) is 2.47. The van der Waals surface area contributed by atoms with Crippen LogP contribution in [0.2, 0.25) is 0 Å². The number of carbonyl (C=O) groups is 1. The van der Waals surface area contributed by atoms with E-state index in [1.807, 2.05) is 6.92 Å². The fourth-order valence-electron chi connectivity index (χ4n) is 2.95. The third-order valence-electron chi connectivity index (χ3n) is 3.90. The van der Waals surface area contributed by atoms with Crippen molar-refractivity contribution in [2.24, 2.45) is 11.8 Å². The van der Waals surface area contributed by atoms with E-state index in [2.05, 4.69) is 29.4 Å². The van der Waals surface area contributed by atoms with Crippen LogP contribution in [-0.4, -0.2) is 54.4 Å². The maximum Gasteiger partial charge on any atom is 0.315 e. The van der Waals surface area contributed by atoms with Gasteiger partial charge >= 0.3 is 6.03 Å². The number of piperidine rings is 1. The van der Waals surface area contributed by atoms with Crippen LogP contribution in [0.3, 0.4) is 0 Å². The minimum atomic E-state index is -0.310. The van der Waals surface area contributed by atoms with Crippen LogP contribution in [0.25, 0.3) is 0 Å². The number of aliphatic hydroxyl groups is 1. The predicted octanol–water partition coefficient (Wildman–Crippen LogP) is 1.81. The van der Waals surface area contributed by atoms with Crippen LogP contribution in [0, 0.1) is 11.8 Å². The van der Waals surface area contributed by atoms with Gasteiger partial charge in [-0.1, -0.05) is 20.8 Å². The zero-order chi connectivity index (χ0) is 15.8. The van der Waals surface area contributed by atoms with E-state index in [0.717, 1.165) is 32.5 Å². The molecule has 0 aromatic heterocycles. The first-order chi connectivity index (χ1) is 9.86. The molecule has 1 fully saturated rings. The molecule has 21 heavy (non-hydrogen) atoms. The van der Waals surface area contributed by atoms with Crippen LogP contribution in [-0.2, 0) is 0 Å². The van der Waals surface area contributed by atoms with Crippen molar-refractivity contribution in [1.82, 2.24) is 15.5 Å². The summed E-state index contributed by atoms with van der Waals surface area (Å²) in [5, 5.41) is 15.3. The molecule has 1 saturated heterocycles. The summed E-state index contributed by atoms with van der Waals surface area (Å²) in [4.78, 5) is 14.3. The average Bonchev–Trinajstić information content (AvgIpc) is 2.37. The van der Waals surface area contributed by atoms with Crippen LogP contribution < -0.4 is 10.6 Å². The van der Waals surface area contributed by atoms with Gasteiger partial charge in [0.25, 0.3) is 0 Å². The molecule has 1 heterocycles. The van der Waals surface area contributed by atoms with Gasteiger partial charge in [-0.3, -0.25) is 0 Å². The molecule has 0 aliphatic carbocycles. The second-order valence-electron chi connectivity index (χ2n) is 7.01. The Morgan fingerprint density at radius 1 is 1.24 bits per heavy atom. The molecule has 0 bridgehead atoms. The van der Waals surface area contributed by atoms with Gasteiger partial charge in [0, 0.05) is 32.2 Å². The number of amides is 2. The molecule has 2 atom stereocenters. The second kappa shape index (κ2) is 9.26. The fraction of sp³-hybridized carbons (Fsp3) is 0.938. The molecule has 0 saturated carbocycles. The SMILES string of the molecule is CC(C)CN1CCC(NC(=O)NCC(C)CC(C)O)CC1. The lowest BCUT2D eigenvalue weighted by Gasteiger charge is -2.33. The Labute approximate surface area is 129 Å². The van der Waals surface area contributed by atoms with E-state index in [0.29, 0.717) is 30.8 Å². The lowest BCUT2D eigenvalue weighted by atomic mass is 10.0. The van der Waals surface area contributed by atoms with Gasteiger partial charge < -0.3 is 20.6 Å². The van der Waals surface area contributed by atoms with Crippen LogP contribution in [0.5, 0.6) is 0 Å². The molecule has 5 heteroatoms. The van der Waals surface area contributed by atoms with Gasteiger partial charge in [-0.2, -0.15) is 0 Å². The third-order valence-corrected chi connectivity index (χ3v) is 3.90. The Bertz CT molecular complexity index is 300. The molecule has 124 valence electrons. The van der Waals surface area contributed by atoms with Gasteiger partial charge in [0.15, 0.2) is 0 Å². The summed E-state index contributed by atoms with van der Waals surface area (Å²) in [7, 11) is 0. The maximum absolute atomic E-state index is 11.9. The lowest BCUT2D eigenvalue weighted by molar-refractivity contribution is 0.161. The summed E-state index contributed by atoms with van der Waals surface area (Å²) >= 11 is 0. The largest absolute Gasteiger partial charge is 0.393 e. The van der Waals surface area contributed by atoms with E-state index in [1.54, 1.807) is 6.92 Å². The number of rotatable bonds is 7. The number of nitrogens with one attached hydrogen (secondary N) is 2. The van der Waals surface area contributed by atoms with Crippen molar-refractivity contribution in [1.29, 1.82) is 0 Å². The molecule has 0 spiro atoms. The number of hydrogen-bond donors (Lipinski definition) is 3. The predicted molar refractivity (Wildman–Crippen MR) is 86.3 cm³/mol. The highest BCUT2D eigenvalue weighted by Crippen LogP contribution is 2.12.